The molecule has 0 heterocycles. The van der Waals surface area contributed by atoms with Gasteiger partial charge in [-0.05, 0) is 42.3 Å². The van der Waals surface area contributed by atoms with Gasteiger partial charge in [-0.2, -0.15) is 0 Å². The Bertz CT molecular complexity index is 692. The van der Waals surface area contributed by atoms with Gasteiger partial charge in [0.15, 0.2) is 0 Å². The summed E-state index contributed by atoms with van der Waals surface area (Å²) in [6.07, 6.45) is 0. The van der Waals surface area contributed by atoms with Crippen LogP contribution in [0.3, 0.4) is 0 Å². The van der Waals surface area contributed by atoms with Crippen molar-refractivity contribution in [3.05, 3.63) is 48.0 Å². The molecule has 5 nitrogen and oxygen atoms in total. The second-order valence-corrected chi connectivity index (χ2v) is 4.71. The van der Waals surface area contributed by atoms with E-state index in [9.17, 15) is 14.7 Å². The van der Waals surface area contributed by atoms with Crippen molar-refractivity contribution in [1.82, 2.24) is 0 Å². The number of benzene rings is 2. The summed E-state index contributed by atoms with van der Waals surface area (Å²) in [5.74, 6) is -0.809. The molecule has 0 unspecified atom stereocenters. The van der Waals surface area contributed by atoms with Crippen LogP contribution in [-0.4, -0.2) is 23.6 Å². The van der Waals surface area contributed by atoms with E-state index in [0.717, 1.165) is 11.1 Å². The standard InChI is InChI=1S/C17H17NO4/c1-3-22-16-9-6-13(10-15(16)17(20)21)12-4-7-14(8-5-12)18-11(2)19/h4-10H,3H2,1-2H3,(H,18,19)(H,20,21). The molecule has 2 aromatic carbocycles. The zero-order chi connectivity index (χ0) is 16.1. The summed E-state index contributed by atoms with van der Waals surface area (Å²) in [7, 11) is 0. The summed E-state index contributed by atoms with van der Waals surface area (Å²) in [6.45, 7) is 3.66. The van der Waals surface area contributed by atoms with Gasteiger partial charge in [0.2, 0.25) is 5.91 Å². The molecule has 0 aliphatic rings. The summed E-state index contributed by atoms with van der Waals surface area (Å²) in [6, 6.07) is 12.2. The lowest BCUT2D eigenvalue weighted by Crippen LogP contribution is -2.05. The van der Waals surface area contributed by atoms with Crippen LogP contribution in [0, 0.1) is 0 Å². The van der Waals surface area contributed by atoms with Gasteiger partial charge in [0.05, 0.1) is 6.61 Å². The van der Waals surface area contributed by atoms with Crippen LogP contribution < -0.4 is 10.1 Å². The lowest BCUT2D eigenvalue weighted by molar-refractivity contribution is -0.114. The van der Waals surface area contributed by atoms with Gasteiger partial charge in [0, 0.05) is 12.6 Å². The van der Waals surface area contributed by atoms with E-state index in [0.29, 0.717) is 18.0 Å². The third kappa shape index (κ3) is 3.63. The lowest BCUT2D eigenvalue weighted by atomic mass is 10.0. The molecule has 2 rings (SSSR count). The third-order valence-corrected chi connectivity index (χ3v) is 3.05. The maximum atomic E-state index is 11.3. The SMILES string of the molecule is CCOc1ccc(-c2ccc(NC(C)=O)cc2)cc1C(=O)O. The molecule has 2 N–H and O–H groups in total. The van der Waals surface area contributed by atoms with Crippen LogP contribution in [0.5, 0.6) is 5.75 Å². The summed E-state index contributed by atoms with van der Waals surface area (Å²) < 4.78 is 5.32. The number of anilines is 1. The molecule has 0 fully saturated rings. The molecular weight excluding hydrogens is 282 g/mol. The molecule has 0 radical (unpaired) electrons. The van der Waals surface area contributed by atoms with E-state index in [-0.39, 0.29) is 11.5 Å². The Labute approximate surface area is 128 Å². The van der Waals surface area contributed by atoms with Crippen molar-refractivity contribution >= 4 is 17.6 Å². The van der Waals surface area contributed by atoms with Crippen LogP contribution in [-0.2, 0) is 4.79 Å². The van der Waals surface area contributed by atoms with Crippen LogP contribution in [0.15, 0.2) is 42.5 Å². The summed E-state index contributed by atoms with van der Waals surface area (Å²) in [5.41, 5.74) is 2.46. The maximum Gasteiger partial charge on any atom is 0.339 e. The Morgan fingerprint density at radius 1 is 1.09 bits per heavy atom. The highest BCUT2D eigenvalue weighted by molar-refractivity contribution is 5.93. The molecule has 0 atom stereocenters. The number of nitrogens with one attached hydrogen (secondary N) is 1. The predicted octanol–water partition coefficient (Wildman–Crippen LogP) is 3.41. The first-order chi connectivity index (χ1) is 10.5. The minimum absolute atomic E-state index is 0.130. The zero-order valence-corrected chi connectivity index (χ0v) is 12.4. The average Bonchev–Trinajstić information content (AvgIpc) is 2.48. The Morgan fingerprint density at radius 2 is 1.73 bits per heavy atom. The number of carboxylic acid groups (broad SMARTS) is 1. The van der Waals surface area contributed by atoms with Crippen LogP contribution in [0.2, 0.25) is 0 Å². The number of ether oxygens (including phenoxy) is 1. The summed E-state index contributed by atoms with van der Waals surface area (Å²) in [5, 5.41) is 12.0. The van der Waals surface area contributed by atoms with Gasteiger partial charge in [-0.3, -0.25) is 4.79 Å². The minimum atomic E-state index is -1.03. The number of carboxylic acids is 1. The fourth-order valence-electron chi connectivity index (χ4n) is 2.11. The van der Waals surface area contributed by atoms with E-state index < -0.39 is 5.97 Å². The molecule has 22 heavy (non-hydrogen) atoms. The molecule has 0 saturated heterocycles. The molecule has 5 heteroatoms. The normalized spacial score (nSPS) is 10.1. The minimum Gasteiger partial charge on any atom is -0.493 e. The van der Waals surface area contributed by atoms with Crippen molar-refractivity contribution in [2.45, 2.75) is 13.8 Å². The van der Waals surface area contributed by atoms with Gasteiger partial charge in [0.1, 0.15) is 11.3 Å². The quantitative estimate of drug-likeness (QED) is 0.887. The second kappa shape index (κ2) is 6.76. The van der Waals surface area contributed by atoms with E-state index in [1.807, 2.05) is 18.2 Å². The first-order valence-corrected chi connectivity index (χ1v) is 6.89. The number of rotatable bonds is 5. The zero-order valence-electron chi connectivity index (χ0n) is 12.4. The number of carbonyl (C=O) groups excluding carboxylic acids is 1. The van der Waals surface area contributed by atoms with Gasteiger partial charge in [-0.1, -0.05) is 18.2 Å². The highest BCUT2D eigenvalue weighted by Crippen LogP contribution is 2.27. The Kier molecular flexibility index (Phi) is 4.78. The van der Waals surface area contributed by atoms with Gasteiger partial charge >= 0.3 is 5.97 Å². The number of hydrogen-bond acceptors (Lipinski definition) is 3. The first kappa shape index (κ1) is 15.6. The summed E-state index contributed by atoms with van der Waals surface area (Å²) >= 11 is 0. The van der Waals surface area contributed by atoms with E-state index in [2.05, 4.69) is 5.32 Å². The van der Waals surface area contributed by atoms with Crippen LogP contribution in [0.1, 0.15) is 24.2 Å². The fourth-order valence-corrected chi connectivity index (χ4v) is 2.11. The smallest absolute Gasteiger partial charge is 0.339 e. The third-order valence-electron chi connectivity index (χ3n) is 3.05. The average molecular weight is 299 g/mol. The molecule has 0 bridgehead atoms. The Balaban J connectivity index is 2.34. The van der Waals surface area contributed by atoms with Crippen molar-refractivity contribution in [2.24, 2.45) is 0 Å². The maximum absolute atomic E-state index is 11.3. The van der Waals surface area contributed by atoms with Crippen LogP contribution >= 0.6 is 0 Å². The number of hydrogen-bond donors (Lipinski definition) is 2. The van der Waals surface area contributed by atoms with Crippen molar-refractivity contribution in [3.63, 3.8) is 0 Å². The van der Waals surface area contributed by atoms with Crippen molar-refractivity contribution < 1.29 is 19.4 Å². The van der Waals surface area contributed by atoms with E-state index in [4.69, 9.17) is 4.74 Å². The van der Waals surface area contributed by atoms with E-state index >= 15 is 0 Å². The van der Waals surface area contributed by atoms with Crippen LogP contribution in [0.4, 0.5) is 5.69 Å². The molecule has 1 amide bonds. The Hall–Kier alpha value is -2.82. The lowest BCUT2D eigenvalue weighted by Gasteiger charge is -2.10. The highest BCUT2D eigenvalue weighted by atomic mass is 16.5. The fraction of sp³-hybridized carbons (Fsp3) is 0.176. The monoisotopic (exact) mass is 299 g/mol. The molecule has 0 aromatic heterocycles. The topological polar surface area (TPSA) is 75.6 Å². The van der Waals surface area contributed by atoms with Gasteiger partial charge < -0.3 is 15.2 Å². The van der Waals surface area contributed by atoms with E-state index in [1.165, 1.54) is 6.92 Å². The Morgan fingerprint density at radius 3 is 2.27 bits per heavy atom. The largest absolute Gasteiger partial charge is 0.493 e. The molecular formula is C17H17NO4. The molecule has 2 aromatic rings. The molecule has 0 saturated carbocycles. The van der Waals surface area contributed by atoms with Crippen molar-refractivity contribution in [3.8, 4) is 16.9 Å². The molecule has 114 valence electrons. The number of carbonyl (C=O) groups is 2. The number of aromatic carboxylic acids is 1. The van der Waals surface area contributed by atoms with Gasteiger partial charge in [-0.15, -0.1) is 0 Å². The first-order valence-electron chi connectivity index (χ1n) is 6.89. The van der Waals surface area contributed by atoms with E-state index in [1.54, 1.807) is 31.2 Å². The van der Waals surface area contributed by atoms with Crippen molar-refractivity contribution in [1.29, 1.82) is 0 Å². The summed E-state index contributed by atoms with van der Waals surface area (Å²) in [4.78, 5) is 22.3. The van der Waals surface area contributed by atoms with Crippen LogP contribution in [0.25, 0.3) is 11.1 Å². The second-order valence-electron chi connectivity index (χ2n) is 4.71. The molecule has 0 aliphatic heterocycles. The van der Waals surface area contributed by atoms with Gasteiger partial charge in [-0.25, -0.2) is 4.79 Å². The van der Waals surface area contributed by atoms with Gasteiger partial charge in [0.25, 0.3) is 0 Å². The predicted molar refractivity (Wildman–Crippen MR) is 84.3 cm³/mol. The highest BCUT2D eigenvalue weighted by Gasteiger charge is 2.12. The van der Waals surface area contributed by atoms with Crippen molar-refractivity contribution in [2.75, 3.05) is 11.9 Å². The molecule has 0 spiro atoms. The number of amides is 1. The molecule has 0 aliphatic carbocycles.